The summed E-state index contributed by atoms with van der Waals surface area (Å²) in [6.07, 6.45) is 1.43. The smallest absolute Gasteiger partial charge is 0.534 e. The highest BCUT2D eigenvalue weighted by atomic mass is 19.1. The number of rotatable bonds is 1. The SMILES string of the molecule is C=C1OB(c2cnc(N)c(F)c2)OC1(C)C. The van der Waals surface area contributed by atoms with E-state index in [9.17, 15) is 4.39 Å². The Bertz CT molecular complexity index is 450. The van der Waals surface area contributed by atoms with Crippen LogP contribution in [0.5, 0.6) is 0 Å². The van der Waals surface area contributed by atoms with Crippen LogP contribution >= 0.6 is 0 Å². The van der Waals surface area contributed by atoms with E-state index >= 15 is 0 Å². The molecule has 0 amide bonds. The quantitative estimate of drug-likeness (QED) is 0.715. The van der Waals surface area contributed by atoms with E-state index in [2.05, 4.69) is 11.6 Å². The molecule has 1 aromatic heterocycles. The second-order valence-electron chi connectivity index (χ2n) is 4.14. The fraction of sp³-hybridized carbons (Fsp3) is 0.300. The number of hydrogen-bond acceptors (Lipinski definition) is 4. The topological polar surface area (TPSA) is 57.4 Å². The Morgan fingerprint density at radius 3 is 2.75 bits per heavy atom. The van der Waals surface area contributed by atoms with Gasteiger partial charge in [0.05, 0.1) is 5.76 Å². The van der Waals surface area contributed by atoms with Crippen molar-refractivity contribution in [1.82, 2.24) is 4.98 Å². The number of anilines is 1. The molecule has 2 rings (SSSR count). The zero-order chi connectivity index (χ0) is 11.9. The van der Waals surface area contributed by atoms with Crippen LogP contribution in [0, 0.1) is 5.82 Å². The third kappa shape index (κ3) is 1.76. The van der Waals surface area contributed by atoms with Crippen LogP contribution in [0.25, 0.3) is 0 Å². The van der Waals surface area contributed by atoms with Gasteiger partial charge in [-0.1, -0.05) is 6.58 Å². The molecule has 4 nitrogen and oxygen atoms in total. The van der Waals surface area contributed by atoms with E-state index in [4.69, 9.17) is 15.0 Å². The molecule has 1 saturated heterocycles. The molecule has 2 heterocycles. The fourth-order valence-corrected chi connectivity index (χ4v) is 1.36. The Labute approximate surface area is 93.4 Å². The molecule has 16 heavy (non-hydrogen) atoms. The van der Waals surface area contributed by atoms with Gasteiger partial charge in [0.25, 0.3) is 0 Å². The third-order valence-electron chi connectivity index (χ3n) is 2.49. The first-order chi connectivity index (χ1) is 7.40. The highest BCUT2D eigenvalue weighted by molar-refractivity contribution is 6.62. The van der Waals surface area contributed by atoms with Crippen LogP contribution in [0.3, 0.4) is 0 Å². The molecule has 0 radical (unpaired) electrons. The van der Waals surface area contributed by atoms with Gasteiger partial charge in [-0.3, -0.25) is 0 Å². The molecule has 1 aliphatic rings. The maximum atomic E-state index is 13.2. The number of aromatic nitrogens is 1. The molecule has 0 atom stereocenters. The Kier molecular flexibility index (Phi) is 2.38. The van der Waals surface area contributed by atoms with Crippen molar-refractivity contribution in [2.24, 2.45) is 0 Å². The van der Waals surface area contributed by atoms with Crippen molar-refractivity contribution in [3.63, 3.8) is 0 Å². The minimum atomic E-state index is -0.676. The molecule has 1 aliphatic heterocycles. The Morgan fingerprint density at radius 1 is 1.56 bits per heavy atom. The lowest BCUT2D eigenvalue weighted by Crippen LogP contribution is -2.35. The maximum absolute atomic E-state index is 13.2. The van der Waals surface area contributed by atoms with E-state index in [1.165, 1.54) is 12.3 Å². The van der Waals surface area contributed by atoms with Crippen molar-refractivity contribution < 1.29 is 13.7 Å². The van der Waals surface area contributed by atoms with Gasteiger partial charge >= 0.3 is 7.12 Å². The summed E-state index contributed by atoms with van der Waals surface area (Å²) < 4.78 is 24.2. The van der Waals surface area contributed by atoms with Crippen LogP contribution in [-0.2, 0) is 9.31 Å². The first-order valence-electron chi connectivity index (χ1n) is 4.85. The Hall–Kier alpha value is -1.56. The fourth-order valence-electron chi connectivity index (χ4n) is 1.36. The lowest BCUT2D eigenvalue weighted by Gasteiger charge is -2.15. The van der Waals surface area contributed by atoms with E-state index in [0.717, 1.165) is 0 Å². The number of halogens is 1. The number of nitrogen functional groups attached to an aromatic ring is 1. The predicted molar refractivity (Wildman–Crippen MR) is 59.4 cm³/mol. The van der Waals surface area contributed by atoms with E-state index in [1.54, 1.807) is 0 Å². The largest absolute Gasteiger partial charge is 0.565 e. The number of pyridine rings is 1. The van der Waals surface area contributed by atoms with Crippen LogP contribution in [0.15, 0.2) is 24.6 Å². The van der Waals surface area contributed by atoms with Gasteiger partial charge in [0, 0.05) is 11.7 Å². The molecular formula is C10H12BFN2O2. The summed E-state index contributed by atoms with van der Waals surface area (Å²) in [7, 11) is -0.676. The second-order valence-corrected chi connectivity index (χ2v) is 4.14. The Morgan fingerprint density at radius 2 is 2.25 bits per heavy atom. The molecule has 2 N–H and O–H groups in total. The standard InChI is InChI=1S/C10H12BFN2O2/c1-6-10(2,3)16-11(15-6)7-4-8(12)9(13)14-5-7/h4-5H,1H2,2-3H3,(H2,13,14). The van der Waals surface area contributed by atoms with Gasteiger partial charge in [-0.2, -0.15) is 0 Å². The van der Waals surface area contributed by atoms with Gasteiger partial charge in [-0.05, 0) is 19.9 Å². The molecule has 0 saturated carbocycles. The molecule has 1 fully saturated rings. The average molecular weight is 222 g/mol. The number of nitrogens with zero attached hydrogens (tertiary/aromatic N) is 1. The average Bonchev–Trinajstić information content (AvgIpc) is 2.46. The molecule has 0 aliphatic carbocycles. The normalized spacial score (nSPS) is 18.7. The van der Waals surface area contributed by atoms with Gasteiger partial charge < -0.3 is 15.0 Å². The second kappa shape index (κ2) is 3.48. The first kappa shape index (κ1) is 10.9. The summed E-state index contributed by atoms with van der Waals surface area (Å²) in [5.74, 6) is -0.213. The van der Waals surface area contributed by atoms with Crippen molar-refractivity contribution in [1.29, 1.82) is 0 Å². The van der Waals surface area contributed by atoms with Gasteiger partial charge in [0.15, 0.2) is 11.6 Å². The summed E-state index contributed by atoms with van der Waals surface area (Å²) in [5, 5.41) is 0. The van der Waals surface area contributed by atoms with Crippen LogP contribution in [0.2, 0.25) is 0 Å². The van der Waals surface area contributed by atoms with E-state index in [0.29, 0.717) is 11.2 Å². The van der Waals surface area contributed by atoms with E-state index in [1.807, 2.05) is 13.8 Å². The van der Waals surface area contributed by atoms with Gasteiger partial charge in [0.1, 0.15) is 5.60 Å². The van der Waals surface area contributed by atoms with Crippen molar-refractivity contribution in [2.45, 2.75) is 19.4 Å². The van der Waals surface area contributed by atoms with Crippen molar-refractivity contribution in [3.8, 4) is 0 Å². The van der Waals surface area contributed by atoms with Gasteiger partial charge in [-0.25, -0.2) is 9.37 Å². The molecule has 0 spiro atoms. The van der Waals surface area contributed by atoms with Crippen LogP contribution in [0.4, 0.5) is 10.2 Å². The summed E-state index contributed by atoms with van der Waals surface area (Å²) in [4.78, 5) is 3.71. The lowest BCUT2D eigenvalue weighted by molar-refractivity contribution is 0.173. The minimum Gasteiger partial charge on any atom is -0.534 e. The Balaban J connectivity index is 2.27. The molecule has 1 aromatic rings. The van der Waals surface area contributed by atoms with E-state index in [-0.39, 0.29) is 5.82 Å². The lowest BCUT2D eigenvalue weighted by atomic mass is 9.80. The number of hydrogen-bond donors (Lipinski definition) is 1. The summed E-state index contributed by atoms with van der Waals surface area (Å²) >= 11 is 0. The molecular weight excluding hydrogens is 210 g/mol. The van der Waals surface area contributed by atoms with Crippen LogP contribution < -0.4 is 11.2 Å². The van der Waals surface area contributed by atoms with Gasteiger partial charge in [-0.15, -0.1) is 0 Å². The highest BCUT2D eigenvalue weighted by Crippen LogP contribution is 2.29. The summed E-state index contributed by atoms with van der Waals surface area (Å²) in [6, 6.07) is 1.25. The molecule has 0 bridgehead atoms. The minimum absolute atomic E-state index is 0.139. The van der Waals surface area contributed by atoms with Crippen molar-refractivity contribution >= 4 is 18.4 Å². The zero-order valence-electron chi connectivity index (χ0n) is 9.16. The van der Waals surface area contributed by atoms with Crippen molar-refractivity contribution in [2.75, 3.05) is 5.73 Å². The zero-order valence-corrected chi connectivity index (χ0v) is 9.16. The molecule has 0 aromatic carbocycles. The highest BCUT2D eigenvalue weighted by Gasteiger charge is 2.43. The molecule has 84 valence electrons. The molecule has 0 unspecified atom stereocenters. The summed E-state index contributed by atoms with van der Waals surface area (Å²) in [6.45, 7) is 7.40. The van der Waals surface area contributed by atoms with Crippen molar-refractivity contribution in [3.05, 3.63) is 30.4 Å². The van der Waals surface area contributed by atoms with E-state index < -0.39 is 18.5 Å². The van der Waals surface area contributed by atoms with Crippen LogP contribution in [0.1, 0.15) is 13.8 Å². The predicted octanol–water partition coefficient (Wildman–Crippen LogP) is 0.837. The first-order valence-corrected chi connectivity index (χ1v) is 4.85. The van der Waals surface area contributed by atoms with Crippen LogP contribution in [-0.4, -0.2) is 17.7 Å². The monoisotopic (exact) mass is 222 g/mol. The van der Waals surface area contributed by atoms with Gasteiger partial charge in [0.2, 0.25) is 0 Å². The maximum Gasteiger partial charge on any atom is 0.565 e. The number of nitrogens with two attached hydrogens (primary N) is 1. The third-order valence-corrected chi connectivity index (χ3v) is 2.49. The summed E-state index contributed by atoms with van der Waals surface area (Å²) in [5.41, 5.74) is 5.19. The molecule has 6 heteroatoms.